The Morgan fingerprint density at radius 1 is 1.16 bits per heavy atom. The monoisotopic (exact) mass is 421 g/mol. The van der Waals surface area contributed by atoms with Crippen LogP contribution in [0.4, 0.5) is 5.95 Å². The highest BCUT2D eigenvalue weighted by molar-refractivity contribution is 5.97. The average Bonchev–Trinajstić information content (AvgIpc) is 2.75. The van der Waals surface area contributed by atoms with Gasteiger partial charge >= 0.3 is 0 Å². The summed E-state index contributed by atoms with van der Waals surface area (Å²) >= 11 is 0. The van der Waals surface area contributed by atoms with Gasteiger partial charge in [0.15, 0.2) is 0 Å². The van der Waals surface area contributed by atoms with Crippen LogP contribution in [0.2, 0.25) is 0 Å². The Balaban J connectivity index is 1.48. The first-order valence-corrected chi connectivity index (χ1v) is 10.7. The highest BCUT2D eigenvalue weighted by Crippen LogP contribution is 2.32. The minimum absolute atomic E-state index is 0.104. The molecule has 1 atom stereocenters. The van der Waals surface area contributed by atoms with Crippen molar-refractivity contribution in [2.24, 2.45) is 0 Å². The van der Waals surface area contributed by atoms with Crippen LogP contribution in [-0.2, 0) is 0 Å². The lowest BCUT2D eigenvalue weighted by Gasteiger charge is -2.45. The lowest BCUT2D eigenvalue weighted by molar-refractivity contribution is 0.00395. The van der Waals surface area contributed by atoms with Crippen molar-refractivity contribution >= 4 is 16.7 Å². The number of benzene rings is 2. The molecule has 2 heterocycles. The summed E-state index contributed by atoms with van der Waals surface area (Å²) in [5, 5.41) is 12.8. The third-order valence-corrected chi connectivity index (χ3v) is 6.13. The van der Waals surface area contributed by atoms with Crippen LogP contribution < -0.4 is 10.5 Å². The number of nitrogens with zero attached hydrogens (tertiary/aromatic N) is 4. The summed E-state index contributed by atoms with van der Waals surface area (Å²) in [6.07, 6.45) is 2.88. The molecule has 0 amide bonds. The van der Waals surface area contributed by atoms with Gasteiger partial charge in [-0.25, -0.2) is 9.97 Å². The molecule has 164 valence electrons. The number of rotatable bonds is 6. The van der Waals surface area contributed by atoms with E-state index in [4.69, 9.17) is 10.5 Å². The summed E-state index contributed by atoms with van der Waals surface area (Å²) in [5.41, 5.74) is 7.60. The van der Waals surface area contributed by atoms with Crippen LogP contribution in [0.1, 0.15) is 13.8 Å². The molecule has 3 N–H and O–H groups in total. The normalized spacial score (nSPS) is 18.2. The van der Waals surface area contributed by atoms with Crippen molar-refractivity contribution < 1.29 is 9.84 Å². The molecular formula is C24H31N5O2. The first kappa shape index (κ1) is 21.5. The quantitative estimate of drug-likeness (QED) is 0.633. The van der Waals surface area contributed by atoms with Gasteiger partial charge in [-0.05, 0) is 49.4 Å². The summed E-state index contributed by atoms with van der Waals surface area (Å²) in [4.78, 5) is 12.9. The highest BCUT2D eigenvalue weighted by atomic mass is 16.5. The van der Waals surface area contributed by atoms with E-state index in [1.165, 1.54) is 0 Å². The number of aliphatic hydroxyl groups is 1. The van der Waals surface area contributed by atoms with Crippen LogP contribution in [0.3, 0.4) is 0 Å². The number of aromatic nitrogens is 2. The zero-order valence-electron chi connectivity index (χ0n) is 18.5. The second-order valence-electron chi connectivity index (χ2n) is 8.96. The molecule has 7 heteroatoms. The van der Waals surface area contributed by atoms with Gasteiger partial charge in [-0.15, -0.1) is 0 Å². The molecule has 1 aliphatic heterocycles. The molecule has 1 aromatic heterocycles. The highest BCUT2D eigenvalue weighted by Gasteiger charge is 2.31. The van der Waals surface area contributed by atoms with E-state index in [-0.39, 0.29) is 18.1 Å². The smallest absolute Gasteiger partial charge is 0.219 e. The fraction of sp³-hybridized carbons (Fsp3) is 0.417. The Morgan fingerprint density at radius 2 is 1.90 bits per heavy atom. The summed E-state index contributed by atoms with van der Waals surface area (Å²) < 4.78 is 6.02. The van der Waals surface area contributed by atoms with Crippen LogP contribution in [0, 0.1) is 0 Å². The fourth-order valence-electron chi connectivity index (χ4n) is 4.12. The molecular weight excluding hydrogens is 390 g/mol. The second kappa shape index (κ2) is 8.78. The number of hydrogen-bond donors (Lipinski definition) is 2. The minimum atomic E-state index is -0.561. The summed E-state index contributed by atoms with van der Waals surface area (Å²) in [7, 11) is 2.15. The van der Waals surface area contributed by atoms with Crippen molar-refractivity contribution in [2.75, 3.05) is 45.6 Å². The SMILES string of the molecule is CN1CCN(CC(O)COc2cc(-c3cnc(N)nc3)c3ccccc3c2)CC1(C)C. The molecule has 0 aliphatic carbocycles. The Labute approximate surface area is 183 Å². The van der Waals surface area contributed by atoms with Crippen LogP contribution in [0.15, 0.2) is 48.8 Å². The van der Waals surface area contributed by atoms with Gasteiger partial charge in [0.2, 0.25) is 5.95 Å². The van der Waals surface area contributed by atoms with Crippen LogP contribution in [0.5, 0.6) is 5.75 Å². The van der Waals surface area contributed by atoms with Crippen molar-refractivity contribution in [3.63, 3.8) is 0 Å². The summed E-state index contributed by atoms with van der Waals surface area (Å²) in [6.45, 7) is 8.19. The fourth-order valence-corrected chi connectivity index (χ4v) is 4.12. The molecule has 7 nitrogen and oxygen atoms in total. The number of fused-ring (bicyclic) bond motifs is 1. The molecule has 0 spiro atoms. The number of nitrogens with two attached hydrogens (primary N) is 1. The van der Waals surface area contributed by atoms with E-state index in [1.54, 1.807) is 12.4 Å². The van der Waals surface area contributed by atoms with Gasteiger partial charge in [0.25, 0.3) is 0 Å². The van der Waals surface area contributed by atoms with Crippen molar-refractivity contribution in [2.45, 2.75) is 25.5 Å². The van der Waals surface area contributed by atoms with Crippen molar-refractivity contribution in [1.82, 2.24) is 19.8 Å². The number of anilines is 1. The van der Waals surface area contributed by atoms with E-state index in [2.05, 4.69) is 46.7 Å². The summed E-state index contributed by atoms with van der Waals surface area (Å²) in [5.74, 6) is 0.957. The van der Waals surface area contributed by atoms with Crippen molar-refractivity contribution in [3.05, 3.63) is 48.8 Å². The van der Waals surface area contributed by atoms with Gasteiger partial charge in [0.1, 0.15) is 18.5 Å². The lowest BCUT2D eigenvalue weighted by atomic mass is 9.99. The third-order valence-electron chi connectivity index (χ3n) is 6.13. The van der Waals surface area contributed by atoms with Crippen LogP contribution >= 0.6 is 0 Å². The number of likely N-dealkylation sites (N-methyl/N-ethyl adjacent to an activating group) is 1. The lowest BCUT2D eigenvalue weighted by Crippen LogP contribution is -2.58. The Hall–Kier alpha value is -2.74. The molecule has 0 radical (unpaired) electrons. The van der Waals surface area contributed by atoms with Crippen molar-refractivity contribution in [1.29, 1.82) is 0 Å². The number of piperazine rings is 1. The van der Waals surface area contributed by atoms with E-state index >= 15 is 0 Å². The van der Waals surface area contributed by atoms with Gasteiger partial charge in [0, 0.05) is 49.7 Å². The zero-order chi connectivity index (χ0) is 22.0. The number of hydrogen-bond acceptors (Lipinski definition) is 7. The Morgan fingerprint density at radius 3 is 2.65 bits per heavy atom. The minimum Gasteiger partial charge on any atom is -0.491 e. The molecule has 1 fully saturated rings. The second-order valence-corrected chi connectivity index (χ2v) is 8.96. The molecule has 1 unspecified atom stereocenters. The van der Waals surface area contributed by atoms with Crippen LogP contribution in [0.25, 0.3) is 21.9 Å². The molecule has 0 saturated carbocycles. The predicted molar refractivity (Wildman–Crippen MR) is 124 cm³/mol. The Bertz CT molecular complexity index is 1040. The molecule has 31 heavy (non-hydrogen) atoms. The molecule has 1 aliphatic rings. The maximum atomic E-state index is 10.6. The van der Waals surface area contributed by atoms with Gasteiger partial charge in [-0.1, -0.05) is 24.3 Å². The van der Waals surface area contributed by atoms with E-state index in [9.17, 15) is 5.11 Å². The number of nitrogen functional groups attached to an aromatic ring is 1. The van der Waals surface area contributed by atoms with Gasteiger partial charge in [-0.2, -0.15) is 0 Å². The van der Waals surface area contributed by atoms with Gasteiger partial charge in [0.05, 0.1) is 0 Å². The average molecular weight is 422 g/mol. The predicted octanol–water partition coefficient (Wildman–Crippen LogP) is 2.64. The largest absolute Gasteiger partial charge is 0.491 e. The van der Waals surface area contributed by atoms with E-state index in [0.717, 1.165) is 41.5 Å². The third kappa shape index (κ3) is 4.95. The number of β-amino-alcohol motifs (C(OH)–C–C–N with tert-alkyl or cyclic N) is 1. The standard InChI is InChI=1S/C24H31N5O2/c1-24(2)16-29(9-8-28(24)3)14-19(30)15-31-20-10-17-6-4-5-7-21(17)22(11-20)18-12-26-23(25)27-13-18/h4-7,10-13,19,30H,8-9,14-16H2,1-3H3,(H2,25,26,27). The van der Waals surface area contributed by atoms with Crippen molar-refractivity contribution in [3.8, 4) is 16.9 Å². The topological polar surface area (TPSA) is 87.7 Å². The van der Waals surface area contributed by atoms with E-state index in [1.807, 2.05) is 30.3 Å². The zero-order valence-corrected chi connectivity index (χ0v) is 18.5. The molecule has 0 bridgehead atoms. The van der Waals surface area contributed by atoms with E-state index < -0.39 is 6.10 Å². The molecule has 4 rings (SSSR count). The number of aliphatic hydroxyl groups excluding tert-OH is 1. The Kier molecular flexibility index (Phi) is 6.09. The molecule has 2 aromatic carbocycles. The summed E-state index contributed by atoms with van der Waals surface area (Å²) in [6, 6.07) is 12.1. The van der Waals surface area contributed by atoms with Gasteiger partial charge < -0.3 is 15.6 Å². The maximum absolute atomic E-state index is 10.6. The van der Waals surface area contributed by atoms with Gasteiger partial charge in [-0.3, -0.25) is 9.80 Å². The first-order chi connectivity index (χ1) is 14.8. The maximum Gasteiger partial charge on any atom is 0.219 e. The molecule has 1 saturated heterocycles. The van der Waals surface area contributed by atoms with E-state index in [0.29, 0.717) is 12.3 Å². The number of ether oxygens (including phenoxy) is 1. The molecule has 3 aromatic rings. The first-order valence-electron chi connectivity index (χ1n) is 10.7. The van der Waals surface area contributed by atoms with Crippen LogP contribution in [-0.4, -0.2) is 76.4 Å².